The van der Waals surface area contributed by atoms with Crippen molar-refractivity contribution >= 4 is 40.7 Å². The third-order valence-corrected chi connectivity index (χ3v) is 4.03. The number of hydrogen-bond donors (Lipinski definition) is 1. The van der Waals surface area contributed by atoms with Gasteiger partial charge in [-0.3, -0.25) is 4.90 Å². The number of nitrogens with zero attached hydrogens (tertiary/aromatic N) is 1. The van der Waals surface area contributed by atoms with Crippen molar-refractivity contribution in [2.45, 2.75) is 19.1 Å². The molecule has 134 valence electrons. The predicted octanol–water partition coefficient (Wildman–Crippen LogP) is 3.98. The molecule has 0 radical (unpaired) electrons. The second-order valence-corrected chi connectivity index (χ2v) is 6.00. The zero-order valence-electron chi connectivity index (χ0n) is 12.5. The lowest BCUT2D eigenvalue weighted by molar-refractivity contribution is -0.137. The number of alkyl halides is 3. The van der Waals surface area contributed by atoms with Crippen LogP contribution in [0.25, 0.3) is 0 Å². The highest BCUT2D eigenvalue weighted by Crippen LogP contribution is 2.35. The Bertz CT molecular complexity index is 492. The molecule has 1 N–H and O–H groups in total. The second kappa shape index (κ2) is 9.93. The van der Waals surface area contributed by atoms with Gasteiger partial charge in [-0.05, 0) is 41.1 Å². The van der Waals surface area contributed by atoms with Crippen molar-refractivity contribution in [2.75, 3.05) is 32.8 Å². The molecular weight excluding hydrogens is 420 g/mol. The molecule has 0 spiro atoms. The number of benzene rings is 1. The monoisotopic (exact) mass is 438 g/mol. The summed E-state index contributed by atoms with van der Waals surface area (Å²) in [6.07, 6.45) is -4.35. The summed E-state index contributed by atoms with van der Waals surface area (Å²) in [5.41, 5.74) is -0.698. The summed E-state index contributed by atoms with van der Waals surface area (Å²) in [7, 11) is 0. The van der Waals surface area contributed by atoms with Crippen molar-refractivity contribution < 1.29 is 17.9 Å². The Morgan fingerprint density at radius 3 is 2.65 bits per heavy atom. The molecule has 1 aliphatic heterocycles. The average molecular weight is 440 g/mol. The fraction of sp³-hybridized carbons (Fsp3) is 0.571. The van der Waals surface area contributed by atoms with E-state index >= 15 is 0 Å². The van der Waals surface area contributed by atoms with Gasteiger partial charge in [0.15, 0.2) is 0 Å². The molecule has 0 saturated carbocycles. The first-order chi connectivity index (χ1) is 9.86. The van der Waals surface area contributed by atoms with Crippen LogP contribution < -0.4 is 10.1 Å². The smallest absolute Gasteiger partial charge is 0.416 e. The first-order valence-electron chi connectivity index (χ1n) is 6.81. The molecule has 0 bridgehead atoms. The van der Waals surface area contributed by atoms with E-state index in [0.717, 1.165) is 31.8 Å². The molecule has 0 amide bonds. The van der Waals surface area contributed by atoms with Crippen LogP contribution in [0.15, 0.2) is 22.7 Å². The van der Waals surface area contributed by atoms with E-state index in [0.29, 0.717) is 23.7 Å². The van der Waals surface area contributed by atoms with Gasteiger partial charge in [0.2, 0.25) is 0 Å². The van der Waals surface area contributed by atoms with Gasteiger partial charge in [0, 0.05) is 32.2 Å². The highest BCUT2D eigenvalue weighted by molar-refractivity contribution is 9.10. The van der Waals surface area contributed by atoms with E-state index in [4.69, 9.17) is 4.74 Å². The Kier molecular flexibility index (Phi) is 9.84. The van der Waals surface area contributed by atoms with Gasteiger partial charge >= 0.3 is 6.18 Å². The van der Waals surface area contributed by atoms with Gasteiger partial charge in [0.1, 0.15) is 12.4 Å². The third-order valence-electron chi connectivity index (χ3n) is 3.38. The van der Waals surface area contributed by atoms with E-state index in [1.165, 1.54) is 6.07 Å². The van der Waals surface area contributed by atoms with Crippen LogP contribution in [0.1, 0.15) is 12.5 Å². The van der Waals surface area contributed by atoms with Gasteiger partial charge in [-0.15, -0.1) is 24.8 Å². The Morgan fingerprint density at radius 2 is 2.04 bits per heavy atom. The van der Waals surface area contributed by atoms with Gasteiger partial charge in [-0.2, -0.15) is 13.2 Å². The molecule has 1 aliphatic rings. The molecule has 1 heterocycles. The fourth-order valence-corrected chi connectivity index (χ4v) is 2.65. The standard InChI is InChI=1S/C14H18BrF3N2O.2ClH/c1-10-9-20(5-4-19-10)6-7-21-13-8-11(14(16,17)18)2-3-12(13)15;;/h2-3,8,10,19H,4-7,9H2,1H3;2*1H/t10-;;/m0../s1. The van der Waals surface area contributed by atoms with E-state index in [9.17, 15) is 13.2 Å². The molecule has 0 aliphatic carbocycles. The van der Waals surface area contributed by atoms with E-state index in [1.807, 2.05) is 0 Å². The summed E-state index contributed by atoms with van der Waals surface area (Å²) in [6.45, 7) is 5.96. The Morgan fingerprint density at radius 1 is 1.35 bits per heavy atom. The number of halogens is 6. The molecule has 0 aromatic heterocycles. The molecule has 1 saturated heterocycles. The van der Waals surface area contributed by atoms with Gasteiger partial charge in [-0.25, -0.2) is 0 Å². The molecule has 1 fully saturated rings. The predicted molar refractivity (Wildman–Crippen MR) is 93.0 cm³/mol. The SMILES string of the molecule is C[C@H]1CN(CCOc2cc(C(F)(F)F)ccc2Br)CCN1.Cl.Cl. The van der Waals surface area contributed by atoms with Crippen LogP contribution in [0.3, 0.4) is 0 Å². The van der Waals surface area contributed by atoms with Crippen molar-refractivity contribution in [3.8, 4) is 5.75 Å². The van der Waals surface area contributed by atoms with Crippen molar-refractivity contribution in [3.05, 3.63) is 28.2 Å². The minimum atomic E-state index is -4.35. The number of nitrogens with one attached hydrogen (secondary N) is 1. The summed E-state index contributed by atoms with van der Waals surface area (Å²) >= 11 is 3.22. The van der Waals surface area contributed by atoms with Crippen molar-refractivity contribution in [3.63, 3.8) is 0 Å². The molecule has 9 heteroatoms. The van der Waals surface area contributed by atoms with Crippen molar-refractivity contribution in [2.24, 2.45) is 0 Å². The van der Waals surface area contributed by atoms with Crippen LogP contribution in [0.4, 0.5) is 13.2 Å². The van der Waals surface area contributed by atoms with Crippen LogP contribution >= 0.6 is 40.7 Å². The minimum Gasteiger partial charge on any atom is -0.491 e. The quantitative estimate of drug-likeness (QED) is 0.767. The highest BCUT2D eigenvalue weighted by atomic mass is 79.9. The normalized spacial score (nSPS) is 18.7. The maximum absolute atomic E-state index is 12.7. The highest BCUT2D eigenvalue weighted by Gasteiger charge is 2.31. The zero-order valence-corrected chi connectivity index (χ0v) is 15.7. The van der Waals surface area contributed by atoms with Gasteiger partial charge in [0.25, 0.3) is 0 Å². The van der Waals surface area contributed by atoms with Crippen LogP contribution in [0.5, 0.6) is 5.75 Å². The molecular formula is C14H20BrCl2F3N2O. The largest absolute Gasteiger partial charge is 0.491 e. The van der Waals surface area contributed by atoms with Crippen molar-refractivity contribution in [1.29, 1.82) is 0 Å². The van der Waals surface area contributed by atoms with E-state index in [-0.39, 0.29) is 30.6 Å². The molecule has 0 unspecified atom stereocenters. The van der Waals surface area contributed by atoms with Gasteiger partial charge in [0.05, 0.1) is 10.0 Å². The molecule has 2 rings (SSSR count). The van der Waals surface area contributed by atoms with Gasteiger partial charge in [-0.1, -0.05) is 0 Å². The number of piperazine rings is 1. The Balaban J connectivity index is 0.00000242. The Hall–Kier alpha value is -0.210. The number of ether oxygens (including phenoxy) is 1. The van der Waals surface area contributed by atoms with E-state index in [1.54, 1.807) is 0 Å². The topological polar surface area (TPSA) is 24.5 Å². The molecule has 3 nitrogen and oxygen atoms in total. The number of hydrogen-bond acceptors (Lipinski definition) is 3. The first kappa shape index (κ1) is 22.8. The van der Waals surface area contributed by atoms with Crippen LogP contribution in [-0.2, 0) is 6.18 Å². The second-order valence-electron chi connectivity index (χ2n) is 5.15. The van der Waals surface area contributed by atoms with Crippen LogP contribution in [0, 0.1) is 0 Å². The lowest BCUT2D eigenvalue weighted by Gasteiger charge is -2.31. The summed E-state index contributed by atoms with van der Waals surface area (Å²) in [4.78, 5) is 2.24. The number of rotatable bonds is 4. The molecule has 23 heavy (non-hydrogen) atoms. The first-order valence-corrected chi connectivity index (χ1v) is 7.61. The zero-order chi connectivity index (χ0) is 15.5. The maximum Gasteiger partial charge on any atom is 0.416 e. The molecule has 1 aromatic carbocycles. The summed E-state index contributed by atoms with van der Waals surface area (Å²) in [6, 6.07) is 3.86. The summed E-state index contributed by atoms with van der Waals surface area (Å²) in [5.74, 6) is 0.230. The van der Waals surface area contributed by atoms with E-state index < -0.39 is 11.7 Å². The fourth-order valence-electron chi connectivity index (χ4n) is 2.29. The van der Waals surface area contributed by atoms with Crippen LogP contribution in [-0.4, -0.2) is 43.7 Å². The lowest BCUT2D eigenvalue weighted by atomic mass is 10.2. The maximum atomic E-state index is 12.7. The van der Waals surface area contributed by atoms with Crippen LogP contribution in [0.2, 0.25) is 0 Å². The van der Waals surface area contributed by atoms with Gasteiger partial charge < -0.3 is 10.1 Å². The minimum absolute atomic E-state index is 0. The van der Waals surface area contributed by atoms with Crippen molar-refractivity contribution in [1.82, 2.24) is 10.2 Å². The lowest BCUT2D eigenvalue weighted by Crippen LogP contribution is -2.50. The third kappa shape index (κ3) is 7.05. The van der Waals surface area contributed by atoms with E-state index in [2.05, 4.69) is 33.1 Å². The average Bonchev–Trinajstić information content (AvgIpc) is 2.39. The Labute approximate surface area is 154 Å². The molecule has 1 aromatic rings. The summed E-state index contributed by atoms with van der Waals surface area (Å²) in [5, 5.41) is 3.34. The molecule has 1 atom stereocenters. The summed E-state index contributed by atoms with van der Waals surface area (Å²) < 4.78 is 44.0.